The van der Waals surface area contributed by atoms with Gasteiger partial charge in [-0.2, -0.15) is 10.4 Å². The van der Waals surface area contributed by atoms with Crippen molar-refractivity contribution in [3.63, 3.8) is 0 Å². The van der Waals surface area contributed by atoms with Gasteiger partial charge in [-0.15, -0.1) is 0 Å². The zero-order chi connectivity index (χ0) is 20.1. The van der Waals surface area contributed by atoms with Gasteiger partial charge in [-0.3, -0.25) is 4.79 Å². The van der Waals surface area contributed by atoms with E-state index >= 15 is 0 Å². The second kappa shape index (κ2) is 6.48. The van der Waals surface area contributed by atoms with Gasteiger partial charge in [0.25, 0.3) is 0 Å². The van der Waals surface area contributed by atoms with Gasteiger partial charge < -0.3 is 4.90 Å². The Bertz CT molecular complexity index is 947. The normalized spacial score (nSPS) is 24.2. The number of fused-ring (bicyclic) bond motifs is 3. The summed E-state index contributed by atoms with van der Waals surface area (Å²) in [6, 6.07) is 12.5. The molecule has 2 atom stereocenters. The molecule has 1 saturated heterocycles. The Morgan fingerprint density at radius 3 is 2.61 bits per heavy atom. The molecule has 0 bridgehead atoms. The van der Waals surface area contributed by atoms with Crippen LogP contribution in [0.15, 0.2) is 30.3 Å². The fourth-order valence-electron chi connectivity index (χ4n) is 4.96. The van der Waals surface area contributed by atoms with E-state index in [4.69, 9.17) is 5.10 Å². The van der Waals surface area contributed by atoms with Gasteiger partial charge in [0.05, 0.1) is 23.5 Å². The highest BCUT2D eigenvalue weighted by Crippen LogP contribution is 2.49. The highest BCUT2D eigenvalue weighted by molar-refractivity contribution is 5.94. The van der Waals surface area contributed by atoms with Crippen LogP contribution in [0, 0.1) is 29.1 Å². The molecule has 28 heavy (non-hydrogen) atoms. The van der Waals surface area contributed by atoms with Crippen LogP contribution in [0.1, 0.15) is 51.3 Å². The lowest BCUT2D eigenvalue weighted by molar-refractivity contribution is -0.135. The van der Waals surface area contributed by atoms with Gasteiger partial charge in [-0.1, -0.05) is 39.0 Å². The van der Waals surface area contributed by atoms with Gasteiger partial charge in [0.2, 0.25) is 0 Å². The van der Waals surface area contributed by atoms with E-state index in [0.29, 0.717) is 6.42 Å². The van der Waals surface area contributed by atoms with E-state index in [-0.39, 0.29) is 11.8 Å². The van der Waals surface area contributed by atoms with Gasteiger partial charge in [0.15, 0.2) is 5.78 Å². The van der Waals surface area contributed by atoms with Crippen LogP contribution >= 0.6 is 0 Å². The van der Waals surface area contributed by atoms with E-state index in [9.17, 15) is 10.1 Å². The number of carbonyl (C=O) groups is 1. The predicted octanol–water partition coefficient (Wildman–Crippen LogP) is 4.22. The topological polar surface area (TPSA) is 61.9 Å². The minimum absolute atomic E-state index is 0.0527. The first-order valence-electron chi connectivity index (χ1n) is 10.2. The highest BCUT2D eigenvalue weighted by atomic mass is 16.1. The van der Waals surface area contributed by atoms with Crippen LogP contribution in [-0.4, -0.2) is 28.2 Å². The van der Waals surface area contributed by atoms with Crippen molar-refractivity contribution in [1.82, 2.24) is 9.78 Å². The van der Waals surface area contributed by atoms with Crippen LogP contribution in [-0.2, 0) is 11.2 Å². The number of hydrogen-bond donors (Lipinski definition) is 0. The molecule has 2 aromatic rings. The number of Topliss-reactive ketones (excluding diaryl/α,β-unsaturated/α-hetero) is 1. The Hall–Kier alpha value is -2.61. The van der Waals surface area contributed by atoms with Gasteiger partial charge in [-0.25, -0.2) is 4.68 Å². The summed E-state index contributed by atoms with van der Waals surface area (Å²) in [4.78, 5) is 15.9. The molecule has 5 heteroatoms. The lowest BCUT2D eigenvalue weighted by Gasteiger charge is -2.50. The molecular weight excluding hydrogens is 348 g/mol. The standard InChI is InChI=1S/C23H28N4O/c1-16-18-14-23(15-24,21(28)22(2,3)4)19-12-8-9-13-26(19)20(18)27(25-16)17-10-6-5-7-11-17/h5-7,10-11,19H,8-9,12-14H2,1-4H3/t19-,23+/m1/s1. The Kier molecular flexibility index (Phi) is 4.33. The summed E-state index contributed by atoms with van der Waals surface area (Å²) >= 11 is 0. The number of hydrogen-bond acceptors (Lipinski definition) is 4. The predicted molar refractivity (Wildman–Crippen MR) is 109 cm³/mol. The van der Waals surface area contributed by atoms with Crippen LogP contribution in [0.5, 0.6) is 0 Å². The SMILES string of the molecule is Cc1nn(-c2ccccc2)c2c1C[C@@](C#N)(C(=O)C(C)(C)C)[C@H]1CCCCN21. The number of nitriles is 1. The summed E-state index contributed by atoms with van der Waals surface area (Å²) in [5, 5.41) is 15.2. The Balaban J connectivity index is 1.93. The lowest BCUT2D eigenvalue weighted by Crippen LogP contribution is -2.60. The van der Waals surface area contributed by atoms with E-state index in [1.54, 1.807) is 0 Å². The third kappa shape index (κ3) is 2.66. The fraction of sp³-hybridized carbons (Fsp3) is 0.522. The van der Waals surface area contributed by atoms with Gasteiger partial charge in [0, 0.05) is 23.9 Å². The number of aromatic nitrogens is 2. The quantitative estimate of drug-likeness (QED) is 0.787. The first-order valence-corrected chi connectivity index (χ1v) is 10.2. The highest BCUT2D eigenvalue weighted by Gasteiger charge is 2.56. The lowest BCUT2D eigenvalue weighted by atomic mass is 9.62. The molecule has 4 rings (SSSR count). The van der Waals surface area contributed by atoms with Gasteiger partial charge in [-0.05, 0) is 38.3 Å². The minimum atomic E-state index is -1.01. The molecule has 0 amide bonds. The van der Waals surface area contributed by atoms with Crippen molar-refractivity contribution in [2.24, 2.45) is 10.8 Å². The summed E-state index contributed by atoms with van der Waals surface area (Å²) in [5.41, 5.74) is 1.40. The number of carbonyl (C=O) groups excluding carboxylic acids is 1. The zero-order valence-electron chi connectivity index (χ0n) is 17.2. The van der Waals surface area contributed by atoms with Crippen molar-refractivity contribution in [3.05, 3.63) is 41.6 Å². The third-order valence-corrected chi connectivity index (χ3v) is 6.24. The van der Waals surface area contributed by atoms with Crippen molar-refractivity contribution < 1.29 is 4.79 Å². The minimum Gasteiger partial charge on any atom is -0.351 e. The van der Waals surface area contributed by atoms with Crippen LogP contribution < -0.4 is 4.90 Å². The van der Waals surface area contributed by atoms with E-state index in [2.05, 4.69) is 23.1 Å². The molecule has 0 saturated carbocycles. The van der Waals surface area contributed by atoms with Crippen LogP contribution in [0.4, 0.5) is 5.82 Å². The monoisotopic (exact) mass is 376 g/mol. The smallest absolute Gasteiger partial charge is 0.160 e. The summed E-state index contributed by atoms with van der Waals surface area (Å²) in [6.45, 7) is 8.63. The Morgan fingerprint density at radius 2 is 1.96 bits per heavy atom. The molecule has 0 aliphatic carbocycles. The van der Waals surface area contributed by atoms with Gasteiger partial charge >= 0.3 is 0 Å². The largest absolute Gasteiger partial charge is 0.351 e. The molecule has 1 fully saturated rings. The number of aryl methyl sites for hydroxylation is 1. The molecule has 2 aliphatic heterocycles. The maximum atomic E-state index is 13.5. The van der Waals surface area contributed by atoms with Crippen LogP contribution in [0.3, 0.4) is 0 Å². The second-order valence-electron chi connectivity index (χ2n) is 9.18. The van der Waals surface area contributed by atoms with Crippen molar-refractivity contribution in [3.8, 4) is 11.8 Å². The number of benzene rings is 1. The molecule has 3 heterocycles. The summed E-state index contributed by atoms with van der Waals surface area (Å²) in [6.07, 6.45) is 3.44. The number of rotatable bonds is 2. The van der Waals surface area contributed by atoms with E-state index < -0.39 is 10.8 Å². The zero-order valence-corrected chi connectivity index (χ0v) is 17.2. The Morgan fingerprint density at radius 1 is 1.25 bits per heavy atom. The second-order valence-corrected chi connectivity index (χ2v) is 9.18. The van der Waals surface area contributed by atoms with Crippen molar-refractivity contribution in [2.75, 3.05) is 11.4 Å². The molecule has 0 spiro atoms. The van der Waals surface area contributed by atoms with Crippen LogP contribution in [0.2, 0.25) is 0 Å². The average molecular weight is 377 g/mol. The molecule has 1 aromatic heterocycles. The summed E-state index contributed by atoms with van der Waals surface area (Å²) in [7, 11) is 0. The van der Waals surface area contributed by atoms with E-state index in [1.165, 1.54) is 0 Å². The number of ketones is 1. The molecule has 146 valence electrons. The molecule has 0 N–H and O–H groups in total. The average Bonchev–Trinajstić information content (AvgIpc) is 3.03. The summed E-state index contributed by atoms with van der Waals surface area (Å²) < 4.78 is 2.01. The number of anilines is 1. The molecule has 2 aliphatic rings. The van der Waals surface area contributed by atoms with Crippen molar-refractivity contribution in [2.45, 2.75) is 59.4 Å². The molecular formula is C23H28N4O. The third-order valence-electron chi connectivity index (χ3n) is 6.24. The Labute approximate surface area is 167 Å². The first kappa shape index (κ1) is 18.7. The fourth-order valence-corrected chi connectivity index (χ4v) is 4.96. The number of para-hydroxylation sites is 1. The molecule has 5 nitrogen and oxygen atoms in total. The molecule has 0 radical (unpaired) electrons. The van der Waals surface area contributed by atoms with Crippen molar-refractivity contribution >= 4 is 11.6 Å². The van der Waals surface area contributed by atoms with Crippen LogP contribution in [0.25, 0.3) is 5.69 Å². The van der Waals surface area contributed by atoms with E-state index in [0.717, 1.165) is 48.6 Å². The summed E-state index contributed by atoms with van der Waals surface area (Å²) in [5.74, 6) is 1.12. The number of nitrogens with zero attached hydrogens (tertiary/aromatic N) is 4. The molecule has 1 aromatic carbocycles. The number of piperidine rings is 1. The first-order chi connectivity index (χ1) is 13.3. The maximum Gasteiger partial charge on any atom is 0.160 e. The maximum absolute atomic E-state index is 13.5. The molecule has 0 unspecified atom stereocenters. The van der Waals surface area contributed by atoms with Crippen molar-refractivity contribution in [1.29, 1.82) is 5.26 Å². The van der Waals surface area contributed by atoms with Gasteiger partial charge in [0.1, 0.15) is 11.2 Å². The van der Waals surface area contributed by atoms with E-state index in [1.807, 2.05) is 50.6 Å².